The first-order valence-electron chi connectivity index (χ1n) is 7.10. The van der Waals surface area contributed by atoms with E-state index >= 15 is 0 Å². The van der Waals surface area contributed by atoms with Crippen LogP contribution >= 0.6 is 10.7 Å². The van der Waals surface area contributed by atoms with Gasteiger partial charge >= 0.3 is 5.56 Å². The summed E-state index contributed by atoms with van der Waals surface area (Å²) in [6, 6.07) is 12.9. The Morgan fingerprint density at radius 2 is 1.92 bits per heavy atom. The Hall–Kier alpha value is -2.31. The van der Waals surface area contributed by atoms with Gasteiger partial charge in [0, 0.05) is 19.2 Å². The van der Waals surface area contributed by atoms with Crippen LogP contribution in [0.2, 0.25) is 0 Å². The van der Waals surface area contributed by atoms with E-state index in [4.69, 9.17) is 4.74 Å². The molecule has 0 bridgehead atoms. The maximum absolute atomic E-state index is 12.5. The summed E-state index contributed by atoms with van der Waals surface area (Å²) in [6.07, 6.45) is 0. The number of ether oxygens (including phenoxy) is 1. The van der Waals surface area contributed by atoms with Crippen LogP contribution in [-0.2, 0) is 7.05 Å². The molecule has 1 atom stereocenters. The number of nitrogens with one attached hydrogen (secondary N) is 1. The zero-order chi connectivity index (χ0) is 16.6. The minimum Gasteiger partial charge on any atom is -1.00 e. The lowest BCUT2D eigenvalue weighted by Gasteiger charge is -2.05. The molecule has 1 heterocycles. The average molecular weight is 365 g/mol. The van der Waals surface area contributed by atoms with Gasteiger partial charge in [0.15, 0.2) is 0 Å². The van der Waals surface area contributed by atoms with Gasteiger partial charge in [-0.2, -0.15) is 0 Å². The van der Waals surface area contributed by atoms with Crippen LogP contribution in [0.4, 0.5) is 0 Å². The van der Waals surface area contributed by atoms with Gasteiger partial charge < -0.3 is 22.5 Å². The zero-order valence-electron chi connectivity index (χ0n) is 13.5. The van der Waals surface area contributed by atoms with Crippen molar-refractivity contribution < 1.29 is 21.9 Å². The van der Waals surface area contributed by atoms with Crippen LogP contribution in [0.25, 0.3) is 15.0 Å². The second-order valence-corrected chi connectivity index (χ2v) is 7.02. The Kier molecular flexibility index (Phi) is 5.31. The van der Waals surface area contributed by atoms with Crippen molar-refractivity contribution >= 4 is 26.7 Å². The number of fused-ring (bicyclic) bond motifs is 1. The molecule has 0 aliphatic rings. The number of aromatic nitrogens is 1. The third kappa shape index (κ3) is 2.79. The van der Waals surface area contributed by atoms with Gasteiger partial charge in [0.2, 0.25) is 9.60 Å². The number of halogens is 1. The van der Waals surface area contributed by atoms with E-state index in [9.17, 15) is 9.59 Å². The average Bonchev–Trinajstić information content (AvgIpc) is 2.85. The van der Waals surface area contributed by atoms with Crippen LogP contribution in [0, 0.1) is 0 Å². The highest BCUT2D eigenvalue weighted by Crippen LogP contribution is 2.40. The molecular weight excluding hydrogens is 348 g/mol. The summed E-state index contributed by atoms with van der Waals surface area (Å²) in [5.74, 6) is 0.411. The van der Waals surface area contributed by atoms with E-state index in [1.165, 1.54) is 0 Å². The van der Waals surface area contributed by atoms with E-state index in [-0.39, 0.29) is 23.9 Å². The van der Waals surface area contributed by atoms with E-state index in [0.29, 0.717) is 16.7 Å². The Labute approximate surface area is 148 Å². The third-order valence-electron chi connectivity index (χ3n) is 3.75. The molecule has 0 spiro atoms. The molecule has 2 aromatic carbocycles. The number of benzene rings is 2. The zero-order valence-corrected chi connectivity index (χ0v) is 15.1. The van der Waals surface area contributed by atoms with Crippen molar-refractivity contribution in [3.05, 3.63) is 58.4 Å². The smallest absolute Gasteiger partial charge is 0.304 e. The number of rotatable bonds is 3. The predicted octanol–water partition coefficient (Wildman–Crippen LogP) is -0.351. The number of hydrogen-bond donors (Lipinski definition) is 1. The van der Waals surface area contributed by atoms with Crippen molar-refractivity contribution in [2.75, 3.05) is 14.2 Å². The lowest BCUT2D eigenvalue weighted by atomic mass is 10.2. The molecule has 1 unspecified atom stereocenters. The topological polar surface area (TPSA) is 60.3 Å². The summed E-state index contributed by atoms with van der Waals surface area (Å²) in [6.45, 7) is 0. The minimum atomic E-state index is -0.617. The van der Waals surface area contributed by atoms with Gasteiger partial charge in [-0.1, -0.05) is 12.1 Å². The molecule has 0 saturated carbocycles. The van der Waals surface area contributed by atoms with Crippen molar-refractivity contribution in [2.45, 2.75) is 0 Å². The van der Waals surface area contributed by atoms with E-state index in [2.05, 4.69) is 5.32 Å². The first kappa shape index (κ1) is 18.0. The van der Waals surface area contributed by atoms with Crippen molar-refractivity contribution in [1.29, 1.82) is 0 Å². The molecule has 1 aromatic heterocycles. The summed E-state index contributed by atoms with van der Waals surface area (Å²) >= 11 is 0. The molecule has 0 aliphatic heterocycles. The van der Waals surface area contributed by atoms with Gasteiger partial charge in [0.05, 0.1) is 14.2 Å². The Morgan fingerprint density at radius 1 is 1.21 bits per heavy atom. The van der Waals surface area contributed by atoms with Crippen molar-refractivity contribution in [3.63, 3.8) is 0 Å². The number of amides is 1. The molecule has 3 aromatic rings. The van der Waals surface area contributed by atoms with Crippen LogP contribution in [0.1, 0.15) is 10.4 Å². The first-order chi connectivity index (χ1) is 11.1. The number of carbonyl (C=O) groups is 1. The molecule has 3 rings (SSSR count). The molecule has 1 N–H and O–H groups in total. The summed E-state index contributed by atoms with van der Waals surface area (Å²) in [5.41, 5.74) is 0.495. The van der Waals surface area contributed by atoms with Crippen LogP contribution in [0.3, 0.4) is 0 Å². The van der Waals surface area contributed by atoms with E-state index < -0.39 is 10.7 Å². The van der Waals surface area contributed by atoms with Crippen LogP contribution in [0.15, 0.2) is 47.3 Å². The fourth-order valence-corrected chi connectivity index (χ4v) is 4.81. The van der Waals surface area contributed by atoms with Gasteiger partial charge in [-0.25, -0.2) is 0 Å². The van der Waals surface area contributed by atoms with Gasteiger partial charge in [-0.15, -0.1) is 3.96 Å². The second kappa shape index (κ2) is 7.07. The summed E-state index contributed by atoms with van der Waals surface area (Å²) < 4.78 is 7.86. The molecule has 0 aliphatic carbocycles. The highest BCUT2D eigenvalue weighted by molar-refractivity contribution is 7.41. The minimum absolute atomic E-state index is 0. The highest BCUT2D eigenvalue weighted by atomic mass is 35.5. The summed E-state index contributed by atoms with van der Waals surface area (Å²) in [5, 5.41) is 3.34. The lowest BCUT2D eigenvalue weighted by molar-refractivity contribution is -0.0000131. The number of nitrogens with zero attached hydrogens (tertiary/aromatic N) is 1. The predicted molar refractivity (Wildman–Crippen MR) is 92.9 cm³/mol. The monoisotopic (exact) mass is 364 g/mol. The normalized spacial score (nSPS) is 11.0. The Balaban J connectivity index is 0.00000208. The van der Waals surface area contributed by atoms with E-state index in [1.54, 1.807) is 31.2 Å². The van der Waals surface area contributed by atoms with E-state index in [1.807, 2.05) is 36.4 Å². The molecule has 24 heavy (non-hydrogen) atoms. The molecule has 126 valence electrons. The lowest BCUT2D eigenvalue weighted by Crippen LogP contribution is -3.00. The van der Waals surface area contributed by atoms with Crippen LogP contribution in [0.5, 0.6) is 5.75 Å². The number of hydrogen-bond acceptors (Lipinski definition) is 3. The van der Waals surface area contributed by atoms with Gasteiger partial charge in [-0.05, 0) is 18.2 Å². The molecule has 0 saturated heterocycles. The SMILES string of the molecule is CNC(=O)c1cc(OC)ccc1-[s+]1c2ccccc2c(=O)n1C.[Cl-]. The van der Waals surface area contributed by atoms with Gasteiger partial charge in [0.1, 0.15) is 27.4 Å². The molecule has 1 amide bonds. The van der Waals surface area contributed by atoms with Crippen molar-refractivity contribution in [1.82, 2.24) is 9.27 Å². The second-order valence-electron chi connectivity index (χ2n) is 5.02. The molecule has 5 nitrogen and oxygen atoms in total. The maximum Gasteiger partial charge on any atom is 0.304 e. The quantitative estimate of drug-likeness (QED) is 0.646. The van der Waals surface area contributed by atoms with Crippen LogP contribution < -0.4 is 28.0 Å². The first-order valence-corrected chi connectivity index (χ1v) is 8.28. The van der Waals surface area contributed by atoms with Gasteiger partial charge in [-0.3, -0.25) is 9.59 Å². The van der Waals surface area contributed by atoms with Crippen molar-refractivity contribution in [3.8, 4) is 10.6 Å². The highest BCUT2D eigenvalue weighted by Gasteiger charge is 2.28. The number of methoxy groups -OCH3 is 1. The van der Waals surface area contributed by atoms with Crippen molar-refractivity contribution in [2.24, 2.45) is 7.05 Å². The third-order valence-corrected chi connectivity index (χ3v) is 6.01. The van der Waals surface area contributed by atoms with Gasteiger partial charge in [0.25, 0.3) is 5.91 Å². The molecule has 0 radical (unpaired) electrons. The fraction of sp³-hybridized carbons (Fsp3) is 0.176. The Bertz CT molecular complexity index is 962. The fourth-order valence-electron chi connectivity index (χ4n) is 2.59. The molecular formula is C17H17ClN2O3S. The van der Waals surface area contributed by atoms with Crippen LogP contribution in [-0.4, -0.2) is 24.0 Å². The molecule has 0 fully saturated rings. The summed E-state index contributed by atoms with van der Waals surface area (Å²) in [4.78, 5) is 25.6. The Morgan fingerprint density at radius 3 is 2.58 bits per heavy atom. The molecule has 7 heteroatoms. The summed E-state index contributed by atoms with van der Waals surface area (Å²) in [7, 11) is 4.30. The largest absolute Gasteiger partial charge is 1.00 e. The number of carbonyl (C=O) groups excluding carboxylic acids is 1. The maximum atomic E-state index is 12.5. The van der Waals surface area contributed by atoms with E-state index in [0.717, 1.165) is 9.60 Å². The standard InChI is InChI=1S/C17H16N2O3S.ClH/c1-18-16(20)13-10-11(22-3)8-9-15(13)23-14-7-5-4-6-12(14)17(21)19(23)2;/h4-10H,1-3H3;1H.